The summed E-state index contributed by atoms with van der Waals surface area (Å²) >= 11 is 0. The summed E-state index contributed by atoms with van der Waals surface area (Å²) in [5, 5.41) is 6.43. The van der Waals surface area contributed by atoms with Crippen molar-refractivity contribution in [3.63, 3.8) is 0 Å². The Hall–Kier alpha value is -1.32. The first-order chi connectivity index (χ1) is 7.78. The number of hydrogen-bond acceptors (Lipinski definition) is 4. The lowest BCUT2D eigenvalue weighted by molar-refractivity contribution is 0.361. The molecule has 0 atom stereocenters. The molecule has 0 unspecified atom stereocenters. The molecule has 0 aromatic carbocycles. The molecule has 1 aliphatic rings. The zero-order valence-corrected chi connectivity index (χ0v) is 10.0. The van der Waals surface area contributed by atoms with Gasteiger partial charge >= 0.3 is 0 Å². The summed E-state index contributed by atoms with van der Waals surface area (Å²) in [5.41, 5.74) is 0. The van der Waals surface area contributed by atoms with Crippen LogP contribution in [0.1, 0.15) is 32.6 Å². The van der Waals surface area contributed by atoms with E-state index in [-0.39, 0.29) is 0 Å². The Morgan fingerprint density at radius 1 is 1.25 bits per heavy atom. The summed E-state index contributed by atoms with van der Waals surface area (Å²) in [7, 11) is 1.83. The molecule has 1 heterocycles. The van der Waals surface area contributed by atoms with Gasteiger partial charge in [-0.15, -0.1) is 0 Å². The molecule has 16 heavy (non-hydrogen) atoms. The van der Waals surface area contributed by atoms with Crippen molar-refractivity contribution < 1.29 is 0 Å². The number of anilines is 2. The molecular weight excluding hydrogens is 200 g/mol. The topological polar surface area (TPSA) is 49.8 Å². The Kier molecular flexibility index (Phi) is 3.59. The molecule has 2 rings (SSSR count). The summed E-state index contributed by atoms with van der Waals surface area (Å²) < 4.78 is 0. The van der Waals surface area contributed by atoms with Crippen molar-refractivity contribution in [3.8, 4) is 0 Å². The van der Waals surface area contributed by atoms with Crippen LogP contribution in [0.15, 0.2) is 12.3 Å². The predicted octanol–water partition coefficient (Wildman–Crippen LogP) is 2.51. The third-order valence-electron chi connectivity index (χ3n) is 3.25. The van der Waals surface area contributed by atoms with Crippen LogP contribution < -0.4 is 10.6 Å². The van der Waals surface area contributed by atoms with Gasteiger partial charge in [-0.1, -0.05) is 6.92 Å². The first-order valence-corrected chi connectivity index (χ1v) is 6.05. The summed E-state index contributed by atoms with van der Waals surface area (Å²) in [4.78, 5) is 8.47. The normalized spacial score (nSPS) is 25.1. The molecule has 0 amide bonds. The van der Waals surface area contributed by atoms with E-state index >= 15 is 0 Å². The third kappa shape index (κ3) is 2.84. The van der Waals surface area contributed by atoms with E-state index in [2.05, 4.69) is 27.5 Å². The lowest BCUT2D eigenvalue weighted by Gasteiger charge is -2.27. The second-order valence-corrected chi connectivity index (χ2v) is 4.62. The number of aromatic nitrogens is 2. The Balaban J connectivity index is 1.93. The van der Waals surface area contributed by atoms with E-state index in [1.54, 1.807) is 6.20 Å². The van der Waals surface area contributed by atoms with Crippen molar-refractivity contribution >= 4 is 11.8 Å². The Labute approximate surface area is 96.9 Å². The Bertz CT molecular complexity index is 332. The highest BCUT2D eigenvalue weighted by molar-refractivity contribution is 5.40. The van der Waals surface area contributed by atoms with Crippen LogP contribution >= 0.6 is 0 Å². The molecule has 1 aromatic rings. The average molecular weight is 220 g/mol. The molecule has 2 N–H and O–H groups in total. The lowest BCUT2D eigenvalue weighted by Crippen LogP contribution is -2.25. The van der Waals surface area contributed by atoms with Gasteiger partial charge in [0.2, 0.25) is 5.95 Å². The molecule has 0 aliphatic heterocycles. The quantitative estimate of drug-likeness (QED) is 0.821. The van der Waals surface area contributed by atoms with Crippen LogP contribution in [-0.4, -0.2) is 23.1 Å². The van der Waals surface area contributed by atoms with Crippen LogP contribution in [-0.2, 0) is 0 Å². The molecular formula is C12H20N4. The fourth-order valence-corrected chi connectivity index (χ4v) is 2.17. The van der Waals surface area contributed by atoms with Gasteiger partial charge < -0.3 is 10.6 Å². The SMILES string of the molecule is CNc1nccc(NC2CCC(C)CC2)n1. The van der Waals surface area contributed by atoms with Crippen LogP contribution in [0.5, 0.6) is 0 Å². The highest BCUT2D eigenvalue weighted by Gasteiger charge is 2.18. The second kappa shape index (κ2) is 5.14. The maximum atomic E-state index is 4.37. The lowest BCUT2D eigenvalue weighted by atomic mass is 9.87. The second-order valence-electron chi connectivity index (χ2n) is 4.62. The van der Waals surface area contributed by atoms with Gasteiger partial charge in [0, 0.05) is 19.3 Å². The first kappa shape index (κ1) is 11.2. The van der Waals surface area contributed by atoms with Crippen LogP contribution in [0.3, 0.4) is 0 Å². The van der Waals surface area contributed by atoms with E-state index < -0.39 is 0 Å². The van der Waals surface area contributed by atoms with Crippen molar-refractivity contribution in [2.75, 3.05) is 17.7 Å². The van der Waals surface area contributed by atoms with Crippen LogP contribution in [0, 0.1) is 5.92 Å². The summed E-state index contributed by atoms with van der Waals surface area (Å²) in [6.45, 7) is 2.33. The Morgan fingerprint density at radius 3 is 2.69 bits per heavy atom. The minimum atomic E-state index is 0.579. The van der Waals surface area contributed by atoms with Crippen molar-refractivity contribution in [1.82, 2.24) is 9.97 Å². The van der Waals surface area contributed by atoms with E-state index in [0.717, 1.165) is 11.7 Å². The molecule has 1 aromatic heterocycles. The summed E-state index contributed by atoms with van der Waals surface area (Å²) in [6.07, 6.45) is 6.93. The van der Waals surface area contributed by atoms with Crippen molar-refractivity contribution in [2.45, 2.75) is 38.6 Å². The largest absolute Gasteiger partial charge is 0.367 e. The minimum absolute atomic E-state index is 0.579. The molecule has 1 aliphatic carbocycles. The third-order valence-corrected chi connectivity index (χ3v) is 3.25. The van der Waals surface area contributed by atoms with Crippen LogP contribution in [0.4, 0.5) is 11.8 Å². The van der Waals surface area contributed by atoms with Gasteiger partial charge in [-0.2, -0.15) is 4.98 Å². The molecule has 1 saturated carbocycles. The maximum Gasteiger partial charge on any atom is 0.224 e. The highest BCUT2D eigenvalue weighted by Crippen LogP contribution is 2.25. The smallest absolute Gasteiger partial charge is 0.224 e. The van der Waals surface area contributed by atoms with E-state index in [1.807, 2.05) is 13.1 Å². The minimum Gasteiger partial charge on any atom is -0.367 e. The van der Waals surface area contributed by atoms with E-state index in [0.29, 0.717) is 12.0 Å². The number of hydrogen-bond donors (Lipinski definition) is 2. The number of nitrogens with zero attached hydrogens (tertiary/aromatic N) is 2. The van der Waals surface area contributed by atoms with Crippen molar-refractivity contribution in [2.24, 2.45) is 5.92 Å². The van der Waals surface area contributed by atoms with Gasteiger partial charge in [-0.25, -0.2) is 4.98 Å². The van der Waals surface area contributed by atoms with Crippen LogP contribution in [0.2, 0.25) is 0 Å². The van der Waals surface area contributed by atoms with Crippen molar-refractivity contribution in [3.05, 3.63) is 12.3 Å². The average Bonchev–Trinajstić information content (AvgIpc) is 2.32. The van der Waals surface area contributed by atoms with Crippen molar-refractivity contribution in [1.29, 1.82) is 0 Å². The first-order valence-electron chi connectivity index (χ1n) is 6.05. The van der Waals surface area contributed by atoms with E-state index in [9.17, 15) is 0 Å². The molecule has 88 valence electrons. The Morgan fingerprint density at radius 2 is 2.00 bits per heavy atom. The predicted molar refractivity (Wildman–Crippen MR) is 66.6 cm³/mol. The fourth-order valence-electron chi connectivity index (χ4n) is 2.17. The maximum absolute atomic E-state index is 4.37. The zero-order valence-electron chi connectivity index (χ0n) is 10.0. The molecule has 0 saturated heterocycles. The molecule has 1 fully saturated rings. The molecule has 4 nitrogen and oxygen atoms in total. The van der Waals surface area contributed by atoms with Gasteiger partial charge in [-0.3, -0.25) is 0 Å². The van der Waals surface area contributed by atoms with Gasteiger partial charge in [0.05, 0.1) is 0 Å². The monoisotopic (exact) mass is 220 g/mol. The van der Waals surface area contributed by atoms with E-state index in [4.69, 9.17) is 0 Å². The molecule has 0 radical (unpaired) electrons. The molecule has 0 bridgehead atoms. The fraction of sp³-hybridized carbons (Fsp3) is 0.667. The number of nitrogens with one attached hydrogen (secondary N) is 2. The zero-order chi connectivity index (χ0) is 11.4. The highest BCUT2D eigenvalue weighted by atomic mass is 15.1. The summed E-state index contributed by atoms with van der Waals surface area (Å²) in [6, 6.07) is 2.51. The van der Waals surface area contributed by atoms with Gasteiger partial charge in [0.25, 0.3) is 0 Å². The van der Waals surface area contributed by atoms with Gasteiger partial charge in [-0.05, 0) is 37.7 Å². The standard InChI is InChI=1S/C12H20N4/c1-9-3-5-10(6-4-9)15-11-7-8-14-12(13-2)16-11/h7-10H,3-6H2,1-2H3,(H2,13,14,15,16). The molecule has 4 heteroatoms. The summed E-state index contributed by atoms with van der Waals surface area (Å²) in [5.74, 6) is 2.49. The molecule has 0 spiro atoms. The van der Waals surface area contributed by atoms with Crippen LogP contribution in [0.25, 0.3) is 0 Å². The van der Waals surface area contributed by atoms with Gasteiger partial charge in [0.15, 0.2) is 0 Å². The number of rotatable bonds is 3. The van der Waals surface area contributed by atoms with E-state index in [1.165, 1.54) is 25.7 Å². The van der Waals surface area contributed by atoms with Gasteiger partial charge in [0.1, 0.15) is 5.82 Å².